The van der Waals surface area contributed by atoms with Crippen LogP contribution in [0.4, 0.5) is 13.2 Å². The molecule has 1 aromatic carbocycles. The smallest absolute Gasteiger partial charge is 0.395 e. The molecule has 0 aromatic heterocycles. The predicted octanol–water partition coefficient (Wildman–Crippen LogP) is 2.66. The largest absolute Gasteiger partial charge is 0.416 e. The van der Waals surface area contributed by atoms with E-state index in [2.05, 4.69) is 0 Å². The summed E-state index contributed by atoms with van der Waals surface area (Å²) in [6, 6.07) is 4.98. The summed E-state index contributed by atoms with van der Waals surface area (Å²) in [5.74, 6) is -0.161. The standard InChI is InChI=1S/C13H14F3NO2S/c1-8-11(19)17(5-6-18)12(20-8)9-3-2-4-10(7-9)13(14,15)16/h2-4,7-8,12,18H,5-6H2,1H3. The van der Waals surface area contributed by atoms with Gasteiger partial charge in [0.25, 0.3) is 0 Å². The first-order valence-corrected chi connectivity index (χ1v) is 7.03. The van der Waals surface area contributed by atoms with Crippen LogP contribution in [0.3, 0.4) is 0 Å². The normalized spacial score (nSPS) is 23.4. The van der Waals surface area contributed by atoms with E-state index < -0.39 is 17.1 Å². The van der Waals surface area contributed by atoms with Gasteiger partial charge in [0.1, 0.15) is 5.37 Å². The second-order valence-corrected chi connectivity index (χ2v) is 5.93. The lowest BCUT2D eigenvalue weighted by Gasteiger charge is -2.23. The number of nitrogens with zero attached hydrogens (tertiary/aromatic N) is 1. The topological polar surface area (TPSA) is 40.5 Å². The minimum Gasteiger partial charge on any atom is -0.395 e. The number of hydrogen-bond acceptors (Lipinski definition) is 3. The first-order valence-electron chi connectivity index (χ1n) is 6.08. The minimum absolute atomic E-state index is 0.122. The van der Waals surface area contributed by atoms with Crippen molar-refractivity contribution in [3.05, 3.63) is 35.4 Å². The molecule has 0 radical (unpaired) electrons. The Bertz CT molecular complexity index is 507. The molecule has 1 N–H and O–H groups in total. The molecule has 1 fully saturated rings. The molecule has 110 valence electrons. The number of amides is 1. The highest BCUT2D eigenvalue weighted by Gasteiger charge is 2.39. The van der Waals surface area contributed by atoms with Crippen molar-refractivity contribution >= 4 is 17.7 Å². The molecule has 20 heavy (non-hydrogen) atoms. The van der Waals surface area contributed by atoms with Crippen LogP contribution >= 0.6 is 11.8 Å². The van der Waals surface area contributed by atoms with Crippen molar-refractivity contribution in [3.8, 4) is 0 Å². The van der Waals surface area contributed by atoms with E-state index >= 15 is 0 Å². The van der Waals surface area contributed by atoms with Crippen molar-refractivity contribution in [2.45, 2.75) is 23.7 Å². The Morgan fingerprint density at radius 1 is 1.40 bits per heavy atom. The molecular formula is C13H14F3NO2S. The number of rotatable bonds is 3. The van der Waals surface area contributed by atoms with Gasteiger partial charge in [-0.15, -0.1) is 11.8 Å². The lowest BCUT2D eigenvalue weighted by atomic mass is 10.1. The monoisotopic (exact) mass is 305 g/mol. The van der Waals surface area contributed by atoms with Crippen LogP contribution in [0.25, 0.3) is 0 Å². The number of carbonyl (C=O) groups excluding carboxylic acids is 1. The van der Waals surface area contributed by atoms with Crippen LogP contribution in [0, 0.1) is 0 Å². The maximum atomic E-state index is 12.7. The highest BCUT2D eigenvalue weighted by molar-refractivity contribution is 8.01. The number of β-amino-alcohol motifs (C(OH)–C–C–N with tert-alkyl or cyclic N) is 1. The van der Waals surface area contributed by atoms with Crippen molar-refractivity contribution in [1.82, 2.24) is 4.90 Å². The zero-order valence-electron chi connectivity index (χ0n) is 10.7. The van der Waals surface area contributed by atoms with E-state index in [0.717, 1.165) is 12.1 Å². The summed E-state index contributed by atoms with van der Waals surface area (Å²) in [7, 11) is 0. The fourth-order valence-electron chi connectivity index (χ4n) is 2.14. The number of aliphatic hydroxyl groups is 1. The summed E-state index contributed by atoms with van der Waals surface area (Å²) in [5.41, 5.74) is -0.303. The Labute approximate surface area is 118 Å². The average molecular weight is 305 g/mol. The first kappa shape index (κ1) is 15.2. The summed E-state index contributed by atoms with van der Waals surface area (Å²) < 4.78 is 38.2. The van der Waals surface area contributed by atoms with Crippen LogP contribution in [0.15, 0.2) is 24.3 Å². The number of alkyl halides is 3. The molecule has 1 saturated heterocycles. The van der Waals surface area contributed by atoms with Crippen molar-refractivity contribution in [3.63, 3.8) is 0 Å². The molecular weight excluding hydrogens is 291 g/mol. The Morgan fingerprint density at radius 2 is 2.10 bits per heavy atom. The number of carbonyl (C=O) groups is 1. The lowest BCUT2D eigenvalue weighted by molar-refractivity contribution is -0.137. The molecule has 2 rings (SSSR count). The summed E-state index contributed by atoms with van der Waals surface area (Å²) >= 11 is 1.29. The van der Waals surface area contributed by atoms with Crippen molar-refractivity contribution in [1.29, 1.82) is 0 Å². The van der Waals surface area contributed by atoms with Gasteiger partial charge in [-0.3, -0.25) is 4.79 Å². The molecule has 0 bridgehead atoms. The van der Waals surface area contributed by atoms with Crippen LogP contribution in [0.2, 0.25) is 0 Å². The summed E-state index contributed by atoms with van der Waals surface area (Å²) in [6.07, 6.45) is -4.41. The van der Waals surface area contributed by atoms with E-state index in [1.165, 1.54) is 22.7 Å². The molecule has 2 atom stereocenters. The third kappa shape index (κ3) is 2.93. The quantitative estimate of drug-likeness (QED) is 0.933. The number of benzene rings is 1. The molecule has 0 spiro atoms. The van der Waals surface area contributed by atoms with E-state index in [0.29, 0.717) is 5.56 Å². The van der Waals surface area contributed by atoms with Gasteiger partial charge in [0.2, 0.25) is 5.91 Å². The Kier molecular flexibility index (Phi) is 4.29. The van der Waals surface area contributed by atoms with Gasteiger partial charge in [0, 0.05) is 6.54 Å². The number of thioether (sulfide) groups is 1. The van der Waals surface area contributed by atoms with Gasteiger partial charge >= 0.3 is 6.18 Å². The molecule has 1 amide bonds. The summed E-state index contributed by atoms with van der Waals surface area (Å²) in [4.78, 5) is 13.4. The fourth-order valence-corrected chi connectivity index (χ4v) is 3.43. The van der Waals surface area contributed by atoms with Gasteiger partial charge in [-0.1, -0.05) is 12.1 Å². The zero-order valence-corrected chi connectivity index (χ0v) is 11.5. The average Bonchev–Trinajstić information content (AvgIpc) is 2.67. The van der Waals surface area contributed by atoms with E-state index in [1.54, 1.807) is 13.0 Å². The SMILES string of the molecule is CC1SC(c2cccc(C(F)(F)F)c2)N(CCO)C1=O. The van der Waals surface area contributed by atoms with Gasteiger partial charge in [-0.25, -0.2) is 0 Å². The molecule has 1 aliphatic heterocycles. The predicted molar refractivity (Wildman–Crippen MR) is 70.0 cm³/mol. The third-order valence-electron chi connectivity index (χ3n) is 3.09. The third-order valence-corrected chi connectivity index (χ3v) is 4.48. The van der Waals surface area contributed by atoms with E-state index in [-0.39, 0.29) is 24.3 Å². The molecule has 7 heteroatoms. The van der Waals surface area contributed by atoms with Crippen LogP contribution in [-0.4, -0.2) is 34.3 Å². The van der Waals surface area contributed by atoms with E-state index in [4.69, 9.17) is 5.11 Å². The summed E-state index contributed by atoms with van der Waals surface area (Å²) in [6.45, 7) is 1.62. The van der Waals surface area contributed by atoms with Crippen molar-refractivity contribution in [2.75, 3.05) is 13.2 Å². The molecule has 0 saturated carbocycles. The Balaban J connectivity index is 2.33. The van der Waals surface area contributed by atoms with Crippen molar-refractivity contribution < 1.29 is 23.1 Å². The number of aliphatic hydroxyl groups excluding tert-OH is 1. The molecule has 1 aromatic rings. The molecule has 1 heterocycles. The van der Waals surface area contributed by atoms with Crippen LogP contribution in [0.5, 0.6) is 0 Å². The van der Waals surface area contributed by atoms with Gasteiger partial charge in [-0.05, 0) is 24.6 Å². The fraction of sp³-hybridized carbons (Fsp3) is 0.462. The Morgan fingerprint density at radius 3 is 2.70 bits per heavy atom. The second kappa shape index (κ2) is 5.65. The molecule has 2 unspecified atom stereocenters. The van der Waals surface area contributed by atoms with E-state index in [9.17, 15) is 18.0 Å². The first-order chi connectivity index (χ1) is 9.34. The van der Waals surface area contributed by atoms with Gasteiger partial charge in [0.15, 0.2) is 0 Å². The molecule has 1 aliphatic rings. The van der Waals surface area contributed by atoms with Crippen LogP contribution in [0.1, 0.15) is 23.4 Å². The molecule has 3 nitrogen and oxygen atoms in total. The van der Waals surface area contributed by atoms with Gasteiger partial charge in [-0.2, -0.15) is 13.2 Å². The molecule has 0 aliphatic carbocycles. The summed E-state index contributed by atoms with van der Waals surface area (Å²) in [5, 5.41) is 8.20. The number of halogens is 3. The van der Waals surface area contributed by atoms with Gasteiger partial charge in [0.05, 0.1) is 17.4 Å². The number of hydrogen-bond donors (Lipinski definition) is 1. The maximum Gasteiger partial charge on any atom is 0.416 e. The Hall–Kier alpha value is -1.21. The van der Waals surface area contributed by atoms with Crippen LogP contribution in [-0.2, 0) is 11.0 Å². The van der Waals surface area contributed by atoms with E-state index in [1.807, 2.05) is 0 Å². The zero-order chi connectivity index (χ0) is 14.9. The maximum absolute atomic E-state index is 12.7. The van der Waals surface area contributed by atoms with Crippen molar-refractivity contribution in [2.24, 2.45) is 0 Å². The van der Waals surface area contributed by atoms with Gasteiger partial charge < -0.3 is 10.0 Å². The highest BCUT2D eigenvalue weighted by Crippen LogP contribution is 2.43. The van der Waals surface area contributed by atoms with Crippen LogP contribution < -0.4 is 0 Å². The minimum atomic E-state index is -4.41. The lowest BCUT2D eigenvalue weighted by Crippen LogP contribution is -2.32. The highest BCUT2D eigenvalue weighted by atomic mass is 32.2. The second-order valence-electron chi connectivity index (χ2n) is 4.51.